The average Bonchev–Trinajstić information content (AvgIpc) is 2.32. The number of hydrogen-bond donors (Lipinski definition) is 0. The van der Waals surface area contributed by atoms with E-state index in [0.29, 0.717) is 10.7 Å². The van der Waals surface area contributed by atoms with Crippen molar-refractivity contribution in [3.8, 4) is 5.75 Å². The van der Waals surface area contributed by atoms with Crippen LogP contribution >= 0.6 is 15.9 Å². The molecule has 1 aliphatic rings. The van der Waals surface area contributed by atoms with Crippen molar-refractivity contribution in [1.29, 1.82) is 0 Å². The van der Waals surface area contributed by atoms with Gasteiger partial charge in [0.25, 0.3) is 0 Å². The van der Waals surface area contributed by atoms with Crippen molar-refractivity contribution in [2.45, 2.75) is 24.6 Å². The van der Waals surface area contributed by atoms with Crippen LogP contribution in [0.2, 0.25) is 0 Å². The number of aryl methyl sites for hydroxylation is 1. The summed E-state index contributed by atoms with van der Waals surface area (Å²) in [5.41, 5.74) is 2.57. The van der Waals surface area contributed by atoms with Gasteiger partial charge < -0.3 is 9.47 Å². The molecule has 17 heavy (non-hydrogen) atoms. The minimum atomic E-state index is 0.541. The maximum atomic E-state index is 5.56. The number of alkyl halides is 1. The van der Waals surface area contributed by atoms with Crippen molar-refractivity contribution in [3.05, 3.63) is 29.3 Å². The van der Waals surface area contributed by atoms with Gasteiger partial charge in [0.1, 0.15) is 5.75 Å². The average molecular weight is 299 g/mol. The lowest BCUT2D eigenvalue weighted by Gasteiger charge is -2.28. The number of rotatable bonds is 3. The molecule has 2 atom stereocenters. The Morgan fingerprint density at radius 2 is 2.29 bits per heavy atom. The molecule has 94 valence electrons. The van der Waals surface area contributed by atoms with E-state index in [1.54, 1.807) is 7.11 Å². The Bertz CT molecular complexity index is 378. The third kappa shape index (κ3) is 3.23. The summed E-state index contributed by atoms with van der Waals surface area (Å²) < 4.78 is 11.0. The Morgan fingerprint density at radius 1 is 1.47 bits per heavy atom. The van der Waals surface area contributed by atoms with E-state index in [0.717, 1.165) is 31.8 Å². The van der Waals surface area contributed by atoms with Crippen LogP contribution in [0.1, 0.15) is 17.5 Å². The summed E-state index contributed by atoms with van der Waals surface area (Å²) in [5.74, 6) is 1.53. The number of hydrogen-bond acceptors (Lipinski definition) is 2. The summed E-state index contributed by atoms with van der Waals surface area (Å²) in [6.07, 6.45) is 2.11. The molecule has 1 aromatic carbocycles. The highest BCUT2D eigenvalue weighted by Crippen LogP contribution is 2.29. The molecule has 0 spiro atoms. The number of ether oxygens (including phenoxy) is 2. The number of methoxy groups -OCH3 is 1. The number of halogens is 1. The van der Waals surface area contributed by atoms with Crippen molar-refractivity contribution >= 4 is 15.9 Å². The van der Waals surface area contributed by atoms with Crippen molar-refractivity contribution in [1.82, 2.24) is 0 Å². The zero-order valence-electron chi connectivity index (χ0n) is 10.4. The van der Waals surface area contributed by atoms with Gasteiger partial charge >= 0.3 is 0 Å². The molecule has 0 saturated carbocycles. The van der Waals surface area contributed by atoms with Crippen LogP contribution < -0.4 is 4.74 Å². The molecule has 0 N–H and O–H groups in total. The second-order valence-corrected chi connectivity index (χ2v) is 5.84. The maximum absolute atomic E-state index is 5.56. The molecule has 1 aromatic rings. The van der Waals surface area contributed by atoms with Crippen LogP contribution in [0.5, 0.6) is 5.75 Å². The van der Waals surface area contributed by atoms with Gasteiger partial charge in [-0.2, -0.15) is 0 Å². The van der Waals surface area contributed by atoms with Crippen molar-refractivity contribution in [3.63, 3.8) is 0 Å². The molecule has 2 rings (SSSR count). The standard InChI is InChI=1S/C14H19BrO2/c1-10-3-4-14(16-2)11(7-10)8-12-9-17-6-5-13(12)15/h3-4,7,12-13H,5-6,8-9H2,1-2H3. The third-order valence-corrected chi connectivity index (χ3v) is 4.50. The lowest BCUT2D eigenvalue weighted by atomic mass is 9.93. The Hall–Kier alpha value is -0.540. The number of benzene rings is 1. The molecule has 0 aromatic heterocycles. The predicted octanol–water partition coefficient (Wildman–Crippen LogP) is 3.35. The maximum Gasteiger partial charge on any atom is 0.122 e. The highest BCUT2D eigenvalue weighted by Gasteiger charge is 2.24. The first-order valence-electron chi connectivity index (χ1n) is 6.06. The summed E-state index contributed by atoms with van der Waals surface area (Å²) in [7, 11) is 1.73. The molecule has 0 bridgehead atoms. The van der Waals surface area contributed by atoms with E-state index in [9.17, 15) is 0 Å². The smallest absolute Gasteiger partial charge is 0.122 e. The van der Waals surface area contributed by atoms with Gasteiger partial charge in [-0.15, -0.1) is 0 Å². The Labute approximate surface area is 111 Å². The zero-order valence-corrected chi connectivity index (χ0v) is 12.0. The lowest BCUT2D eigenvalue weighted by Crippen LogP contribution is -2.29. The van der Waals surface area contributed by atoms with Gasteiger partial charge in [0.05, 0.1) is 13.7 Å². The van der Waals surface area contributed by atoms with Crippen LogP contribution in [0.3, 0.4) is 0 Å². The second-order valence-electron chi connectivity index (χ2n) is 4.66. The van der Waals surface area contributed by atoms with E-state index < -0.39 is 0 Å². The zero-order chi connectivity index (χ0) is 12.3. The Morgan fingerprint density at radius 3 is 3.00 bits per heavy atom. The van der Waals surface area contributed by atoms with Gasteiger partial charge in [-0.3, -0.25) is 0 Å². The Kier molecular flexibility index (Phi) is 4.46. The van der Waals surface area contributed by atoms with Crippen LogP contribution in [0.25, 0.3) is 0 Å². The fourth-order valence-electron chi connectivity index (χ4n) is 2.31. The minimum Gasteiger partial charge on any atom is -0.496 e. The third-order valence-electron chi connectivity index (χ3n) is 3.30. The summed E-state index contributed by atoms with van der Waals surface area (Å²) in [6.45, 7) is 3.83. The van der Waals surface area contributed by atoms with Gasteiger partial charge in [0.2, 0.25) is 0 Å². The molecular formula is C14H19BrO2. The van der Waals surface area contributed by atoms with Crippen molar-refractivity contribution in [2.75, 3.05) is 20.3 Å². The van der Waals surface area contributed by atoms with E-state index in [2.05, 4.69) is 41.1 Å². The normalized spacial score (nSPS) is 24.6. The van der Waals surface area contributed by atoms with Gasteiger partial charge in [0, 0.05) is 11.4 Å². The molecule has 1 heterocycles. The van der Waals surface area contributed by atoms with Crippen molar-refractivity contribution in [2.24, 2.45) is 5.92 Å². The Balaban J connectivity index is 2.13. The lowest BCUT2D eigenvalue weighted by molar-refractivity contribution is 0.0603. The molecule has 1 fully saturated rings. The van der Waals surface area contributed by atoms with E-state index in [4.69, 9.17) is 9.47 Å². The van der Waals surface area contributed by atoms with E-state index in [-0.39, 0.29) is 0 Å². The van der Waals surface area contributed by atoms with Gasteiger partial charge in [-0.05, 0) is 37.3 Å². The molecule has 0 aliphatic carbocycles. The van der Waals surface area contributed by atoms with Crippen LogP contribution in [0.4, 0.5) is 0 Å². The van der Waals surface area contributed by atoms with Crippen LogP contribution in [0, 0.1) is 12.8 Å². The fourth-order valence-corrected chi connectivity index (χ4v) is 2.83. The first-order valence-corrected chi connectivity index (χ1v) is 6.97. The SMILES string of the molecule is COc1ccc(C)cc1CC1COCCC1Br. The molecule has 2 nitrogen and oxygen atoms in total. The molecule has 2 unspecified atom stereocenters. The minimum absolute atomic E-state index is 0.541. The quantitative estimate of drug-likeness (QED) is 0.797. The molecular weight excluding hydrogens is 280 g/mol. The van der Waals surface area contributed by atoms with Gasteiger partial charge in [-0.1, -0.05) is 33.6 Å². The van der Waals surface area contributed by atoms with E-state index in [1.807, 2.05) is 0 Å². The molecule has 0 radical (unpaired) electrons. The summed E-state index contributed by atoms with van der Waals surface area (Å²) >= 11 is 3.76. The van der Waals surface area contributed by atoms with Gasteiger partial charge in [0.15, 0.2) is 0 Å². The first-order chi connectivity index (χ1) is 8.20. The van der Waals surface area contributed by atoms with Crippen LogP contribution in [0.15, 0.2) is 18.2 Å². The fraction of sp³-hybridized carbons (Fsp3) is 0.571. The first kappa shape index (κ1) is 12.9. The highest BCUT2D eigenvalue weighted by molar-refractivity contribution is 9.09. The summed E-state index contributed by atoms with van der Waals surface area (Å²) in [5, 5.41) is 0. The molecule has 1 saturated heterocycles. The molecule has 0 amide bonds. The second kappa shape index (κ2) is 5.87. The van der Waals surface area contributed by atoms with E-state index in [1.165, 1.54) is 11.1 Å². The summed E-state index contributed by atoms with van der Waals surface area (Å²) in [4.78, 5) is 0.557. The van der Waals surface area contributed by atoms with Crippen molar-refractivity contribution < 1.29 is 9.47 Å². The van der Waals surface area contributed by atoms with Crippen LogP contribution in [-0.4, -0.2) is 25.2 Å². The molecule has 3 heteroatoms. The van der Waals surface area contributed by atoms with E-state index >= 15 is 0 Å². The summed E-state index contributed by atoms with van der Waals surface area (Å²) in [6, 6.07) is 6.36. The topological polar surface area (TPSA) is 18.5 Å². The highest BCUT2D eigenvalue weighted by atomic mass is 79.9. The monoisotopic (exact) mass is 298 g/mol. The van der Waals surface area contributed by atoms with Gasteiger partial charge in [-0.25, -0.2) is 0 Å². The van der Waals surface area contributed by atoms with Crippen LogP contribution in [-0.2, 0) is 11.2 Å². The predicted molar refractivity (Wildman–Crippen MR) is 73.1 cm³/mol. The largest absolute Gasteiger partial charge is 0.496 e. The molecule has 1 aliphatic heterocycles.